The molecule has 0 bridgehead atoms. The molecule has 6 nitrogen and oxygen atoms in total. The maximum Gasteiger partial charge on any atom is 0.305 e. The minimum Gasteiger partial charge on any atom is -0.466 e. The minimum atomic E-state index is -0.660. The standard InChI is InChI=1S/C68H131NO5/c1-3-5-7-9-11-13-15-17-33-38-42-46-50-54-58-62-68(73)74-63-59-55-51-47-43-39-35-32-30-28-26-24-22-20-18-19-21-23-25-27-29-31-34-37-41-45-49-53-57-61-67(72)69-65(64-70)66(71)60-56-52-48-44-40-36-16-14-12-10-8-6-4-2/h11,13,17,33,65-66,70-71H,3-10,12,14-16,18-32,34-64H2,1-2H3,(H,69,72)/b13-11-,33-17-/t65-,66+/m0/s1. The Bertz CT molecular complexity index is 1150. The summed E-state index contributed by atoms with van der Waals surface area (Å²) in [6, 6.07) is -0.537. The van der Waals surface area contributed by atoms with Crippen molar-refractivity contribution in [2.75, 3.05) is 13.2 Å². The molecule has 74 heavy (non-hydrogen) atoms. The van der Waals surface area contributed by atoms with Crippen molar-refractivity contribution in [3.8, 4) is 0 Å². The minimum absolute atomic E-state index is 0.00585. The molecule has 0 saturated heterocycles. The van der Waals surface area contributed by atoms with E-state index < -0.39 is 12.1 Å². The summed E-state index contributed by atoms with van der Waals surface area (Å²) in [6.07, 6.45) is 79.3. The van der Waals surface area contributed by atoms with Gasteiger partial charge in [0.2, 0.25) is 5.91 Å². The summed E-state index contributed by atoms with van der Waals surface area (Å²) in [5.41, 5.74) is 0. The molecule has 0 aliphatic carbocycles. The van der Waals surface area contributed by atoms with Crippen molar-refractivity contribution in [3.63, 3.8) is 0 Å². The van der Waals surface area contributed by atoms with Crippen LogP contribution in [0.2, 0.25) is 0 Å². The molecule has 1 amide bonds. The summed E-state index contributed by atoms with van der Waals surface area (Å²) in [7, 11) is 0. The molecule has 0 aliphatic heterocycles. The van der Waals surface area contributed by atoms with Gasteiger partial charge in [0.15, 0.2) is 0 Å². The first-order valence-electron chi connectivity index (χ1n) is 33.6. The highest BCUT2D eigenvalue weighted by Crippen LogP contribution is 2.19. The highest BCUT2D eigenvalue weighted by Gasteiger charge is 2.20. The SMILES string of the molecule is CCCCC/C=C\C/C=C\CCCCCCCC(=O)OCCCCCCCCCCCCCCCCCCCCCCCCCCCCCCCC(=O)N[C@@H](CO)[C@H](O)CCCCCCCCCCCCCCC. The zero-order chi connectivity index (χ0) is 53.6. The van der Waals surface area contributed by atoms with E-state index in [1.54, 1.807) is 0 Å². The largest absolute Gasteiger partial charge is 0.466 e. The van der Waals surface area contributed by atoms with E-state index in [0.29, 0.717) is 25.9 Å². The Balaban J connectivity index is 3.32. The van der Waals surface area contributed by atoms with Crippen molar-refractivity contribution in [1.82, 2.24) is 5.32 Å². The zero-order valence-electron chi connectivity index (χ0n) is 50.1. The third-order valence-corrected chi connectivity index (χ3v) is 15.8. The number of ether oxygens (including phenoxy) is 1. The van der Waals surface area contributed by atoms with Crippen LogP contribution in [-0.2, 0) is 14.3 Å². The van der Waals surface area contributed by atoms with Crippen LogP contribution < -0.4 is 5.32 Å². The van der Waals surface area contributed by atoms with Crippen molar-refractivity contribution in [1.29, 1.82) is 0 Å². The monoisotopic (exact) mass is 1040 g/mol. The van der Waals surface area contributed by atoms with Crippen molar-refractivity contribution in [3.05, 3.63) is 24.3 Å². The van der Waals surface area contributed by atoms with Gasteiger partial charge in [-0.1, -0.05) is 327 Å². The van der Waals surface area contributed by atoms with Gasteiger partial charge in [-0.3, -0.25) is 9.59 Å². The van der Waals surface area contributed by atoms with E-state index in [2.05, 4.69) is 43.5 Å². The number of unbranched alkanes of at least 4 members (excludes halogenated alkanes) is 48. The smallest absolute Gasteiger partial charge is 0.305 e. The van der Waals surface area contributed by atoms with E-state index in [0.717, 1.165) is 51.4 Å². The molecule has 0 spiro atoms. The molecule has 3 N–H and O–H groups in total. The fraction of sp³-hybridized carbons (Fsp3) is 0.912. The lowest BCUT2D eigenvalue weighted by atomic mass is 10.0. The lowest BCUT2D eigenvalue weighted by molar-refractivity contribution is -0.143. The van der Waals surface area contributed by atoms with Gasteiger partial charge in [-0.25, -0.2) is 0 Å². The number of nitrogens with one attached hydrogen (secondary N) is 1. The summed E-state index contributed by atoms with van der Waals surface area (Å²) >= 11 is 0. The number of allylic oxidation sites excluding steroid dienone is 4. The van der Waals surface area contributed by atoms with Gasteiger partial charge in [0.1, 0.15) is 0 Å². The Morgan fingerprint density at radius 1 is 0.378 bits per heavy atom. The first-order valence-corrected chi connectivity index (χ1v) is 33.6. The first kappa shape index (κ1) is 72.3. The van der Waals surface area contributed by atoms with Crippen LogP contribution in [0.5, 0.6) is 0 Å². The molecule has 0 aromatic rings. The fourth-order valence-electron chi connectivity index (χ4n) is 10.6. The van der Waals surface area contributed by atoms with E-state index in [4.69, 9.17) is 4.74 Å². The highest BCUT2D eigenvalue weighted by molar-refractivity contribution is 5.76. The van der Waals surface area contributed by atoms with Crippen LogP contribution in [0.1, 0.15) is 373 Å². The Morgan fingerprint density at radius 3 is 1.05 bits per heavy atom. The van der Waals surface area contributed by atoms with Gasteiger partial charge < -0.3 is 20.3 Å². The van der Waals surface area contributed by atoms with E-state index in [-0.39, 0.29) is 18.5 Å². The van der Waals surface area contributed by atoms with Gasteiger partial charge in [-0.2, -0.15) is 0 Å². The van der Waals surface area contributed by atoms with Crippen LogP contribution in [-0.4, -0.2) is 47.4 Å². The van der Waals surface area contributed by atoms with Crippen molar-refractivity contribution >= 4 is 11.9 Å². The van der Waals surface area contributed by atoms with Gasteiger partial charge in [-0.15, -0.1) is 0 Å². The maximum atomic E-state index is 12.5. The predicted octanol–water partition coefficient (Wildman–Crippen LogP) is 21.4. The fourth-order valence-corrected chi connectivity index (χ4v) is 10.6. The van der Waals surface area contributed by atoms with Gasteiger partial charge in [0.05, 0.1) is 25.4 Å². The second-order valence-corrected chi connectivity index (χ2v) is 23.2. The van der Waals surface area contributed by atoms with Crippen LogP contribution in [0.15, 0.2) is 24.3 Å². The van der Waals surface area contributed by atoms with Crippen LogP contribution in [0, 0.1) is 0 Å². The zero-order valence-corrected chi connectivity index (χ0v) is 50.1. The number of hydrogen-bond acceptors (Lipinski definition) is 5. The van der Waals surface area contributed by atoms with E-state index in [1.165, 1.54) is 289 Å². The summed E-state index contributed by atoms with van der Waals surface area (Å²) < 4.78 is 5.49. The number of rotatable bonds is 63. The predicted molar refractivity (Wildman–Crippen MR) is 324 cm³/mol. The number of aliphatic hydroxyl groups is 2. The van der Waals surface area contributed by atoms with Gasteiger partial charge in [0, 0.05) is 12.8 Å². The van der Waals surface area contributed by atoms with E-state index in [1.807, 2.05) is 0 Å². The molecule has 0 unspecified atom stereocenters. The Hall–Kier alpha value is -1.66. The summed E-state index contributed by atoms with van der Waals surface area (Å²) in [4.78, 5) is 24.5. The molecule has 0 radical (unpaired) electrons. The molecule has 0 heterocycles. The molecule has 0 fully saturated rings. The number of amides is 1. The number of hydrogen-bond donors (Lipinski definition) is 3. The molecular weight excluding hydrogens is 911 g/mol. The topological polar surface area (TPSA) is 95.9 Å². The molecule has 0 aliphatic rings. The number of esters is 1. The molecule has 0 aromatic carbocycles. The molecule has 6 heteroatoms. The summed E-state index contributed by atoms with van der Waals surface area (Å²) in [6.45, 7) is 4.94. The summed E-state index contributed by atoms with van der Waals surface area (Å²) in [5, 5.41) is 23.3. The lowest BCUT2D eigenvalue weighted by Crippen LogP contribution is -2.45. The van der Waals surface area contributed by atoms with Crippen LogP contribution in [0.4, 0.5) is 0 Å². The average molecular weight is 1040 g/mol. The average Bonchev–Trinajstić information content (AvgIpc) is 3.40. The van der Waals surface area contributed by atoms with Crippen LogP contribution in [0.3, 0.4) is 0 Å². The maximum absolute atomic E-state index is 12.5. The lowest BCUT2D eigenvalue weighted by Gasteiger charge is -2.22. The quantitative estimate of drug-likeness (QED) is 0.0320. The van der Waals surface area contributed by atoms with Gasteiger partial charge in [0.25, 0.3) is 0 Å². The number of aliphatic hydroxyl groups excluding tert-OH is 2. The van der Waals surface area contributed by atoms with E-state index >= 15 is 0 Å². The molecule has 438 valence electrons. The number of carbonyl (C=O) groups is 2. The van der Waals surface area contributed by atoms with Crippen molar-refractivity contribution in [2.24, 2.45) is 0 Å². The summed E-state index contributed by atoms with van der Waals surface area (Å²) in [5.74, 6) is -0.0239. The first-order chi connectivity index (χ1) is 36.5. The second-order valence-electron chi connectivity index (χ2n) is 23.2. The molecule has 0 saturated carbocycles. The highest BCUT2D eigenvalue weighted by atomic mass is 16.5. The third-order valence-electron chi connectivity index (χ3n) is 15.8. The normalized spacial score (nSPS) is 12.6. The van der Waals surface area contributed by atoms with E-state index in [9.17, 15) is 19.8 Å². The molecule has 2 atom stereocenters. The number of carbonyl (C=O) groups excluding carboxylic acids is 2. The van der Waals surface area contributed by atoms with Crippen LogP contribution in [0.25, 0.3) is 0 Å². The molecule has 0 aromatic heterocycles. The Labute approximate surface area is 462 Å². The van der Waals surface area contributed by atoms with Gasteiger partial charge in [-0.05, 0) is 57.8 Å². The van der Waals surface area contributed by atoms with Crippen molar-refractivity contribution < 1.29 is 24.5 Å². The molecular formula is C68H131NO5. The Kier molecular flexibility index (Phi) is 62.4. The molecule has 0 rings (SSSR count). The second kappa shape index (κ2) is 63.9. The third kappa shape index (κ3) is 59.6. The Morgan fingerprint density at radius 2 is 0.676 bits per heavy atom. The van der Waals surface area contributed by atoms with Crippen molar-refractivity contribution in [2.45, 2.75) is 386 Å². The van der Waals surface area contributed by atoms with Gasteiger partial charge >= 0.3 is 5.97 Å². The van der Waals surface area contributed by atoms with Crippen LogP contribution >= 0.6 is 0 Å².